The van der Waals surface area contributed by atoms with Gasteiger partial charge in [-0.3, -0.25) is 14.6 Å². The smallest absolute Gasteiger partial charge is 0.263 e. The lowest BCUT2D eigenvalue weighted by Crippen LogP contribution is -2.04. The summed E-state index contributed by atoms with van der Waals surface area (Å²) >= 11 is 6.52. The Morgan fingerprint density at radius 3 is 2.68 bits per heavy atom. The largest absolute Gasteiger partial charge is 0.434 e. The molecule has 152 valence electrons. The van der Waals surface area contributed by atoms with Crippen molar-refractivity contribution < 1.29 is 4.74 Å². The molecule has 0 aliphatic rings. The molecule has 5 aromatic rings. The summed E-state index contributed by atoms with van der Waals surface area (Å²) in [5.41, 5.74) is 9.34. The number of pyridine rings is 2. The molecule has 0 atom stereocenters. The van der Waals surface area contributed by atoms with Gasteiger partial charge >= 0.3 is 0 Å². The highest BCUT2D eigenvalue weighted by Crippen LogP contribution is 2.36. The molecule has 4 heterocycles. The molecule has 0 unspecified atom stereocenters. The van der Waals surface area contributed by atoms with Crippen LogP contribution < -0.4 is 10.5 Å². The van der Waals surface area contributed by atoms with Crippen molar-refractivity contribution in [3.05, 3.63) is 72.3 Å². The lowest BCUT2D eigenvalue weighted by atomic mass is 10.0. The Balaban J connectivity index is 1.72. The first-order valence-corrected chi connectivity index (χ1v) is 9.76. The fourth-order valence-corrected chi connectivity index (χ4v) is 3.51. The number of halogens is 1. The maximum absolute atomic E-state index is 6.52. The fourth-order valence-electron chi connectivity index (χ4n) is 3.23. The monoisotopic (exact) mass is 429 g/mol. The van der Waals surface area contributed by atoms with E-state index in [9.17, 15) is 0 Å². The third kappa shape index (κ3) is 3.64. The van der Waals surface area contributed by atoms with Crippen molar-refractivity contribution in [2.45, 2.75) is 0 Å². The molecule has 0 amide bonds. The van der Waals surface area contributed by atoms with E-state index in [1.807, 2.05) is 37.5 Å². The first-order chi connectivity index (χ1) is 15.1. The standard InChI is InChI=1S/C22H16ClN7O/c1-30-9-6-17(29-30)20-19(14-10-13-4-2-8-26-18(13)16(23)11-14)28-22(21(24)27-20)31-15-5-3-7-25-12-15/h2-12H,1H3,(H2,24,27). The summed E-state index contributed by atoms with van der Waals surface area (Å²) in [5, 5.41) is 5.86. The summed E-state index contributed by atoms with van der Waals surface area (Å²) in [5.74, 6) is 0.813. The van der Waals surface area contributed by atoms with Gasteiger partial charge in [0.1, 0.15) is 22.8 Å². The second kappa shape index (κ2) is 7.66. The Labute approximate surface area is 182 Å². The van der Waals surface area contributed by atoms with Gasteiger partial charge in [-0.15, -0.1) is 0 Å². The van der Waals surface area contributed by atoms with Gasteiger partial charge in [-0.05, 0) is 36.4 Å². The van der Waals surface area contributed by atoms with Gasteiger partial charge in [-0.25, -0.2) is 9.97 Å². The number of nitrogen functional groups attached to an aromatic ring is 1. The van der Waals surface area contributed by atoms with Gasteiger partial charge in [0.15, 0.2) is 5.82 Å². The Kier molecular flexibility index (Phi) is 4.68. The lowest BCUT2D eigenvalue weighted by Gasteiger charge is -2.13. The van der Waals surface area contributed by atoms with Crippen LogP contribution in [0.25, 0.3) is 33.5 Å². The molecular formula is C22H16ClN7O. The van der Waals surface area contributed by atoms with E-state index in [0.29, 0.717) is 33.4 Å². The molecule has 5 rings (SSSR count). The number of hydrogen-bond acceptors (Lipinski definition) is 7. The van der Waals surface area contributed by atoms with Crippen LogP contribution in [0.4, 0.5) is 5.82 Å². The molecule has 0 radical (unpaired) electrons. The van der Waals surface area contributed by atoms with Crippen molar-refractivity contribution in [1.82, 2.24) is 29.7 Å². The van der Waals surface area contributed by atoms with Crippen molar-refractivity contribution >= 4 is 28.3 Å². The number of benzene rings is 1. The highest BCUT2D eigenvalue weighted by molar-refractivity contribution is 6.35. The first-order valence-electron chi connectivity index (χ1n) is 9.38. The van der Waals surface area contributed by atoms with Crippen molar-refractivity contribution in [2.75, 3.05) is 5.73 Å². The van der Waals surface area contributed by atoms with Crippen LogP contribution in [-0.2, 0) is 7.05 Å². The van der Waals surface area contributed by atoms with Gasteiger partial charge in [0, 0.05) is 36.6 Å². The van der Waals surface area contributed by atoms with Gasteiger partial charge in [0.25, 0.3) is 5.88 Å². The zero-order chi connectivity index (χ0) is 21.4. The minimum absolute atomic E-state index is 0.141. The average molecular weight is 430 g/mol. The second-order valence-electron chi connectivity index (χ2n) is 6.81. The molecule has 9 heteroatoms. The Hall–Kier alpha value is -4.04. The minimum atomic E-state index is 0.141. The van der Waals surface area contributed by atoms with Crippen LogP contribution in [0.5, 0.6) is 11.6 Å². The van der Waals surface area contributed by atoms with Gasteiger partial charge in [0.2, 0.25) is 0 Å². The zero-order valence-electron chi connectivity index (χ0n) is 16.4. The number of anilines is 1. The molecule has 0 saturated heterocycles. The van der Waals surface area contributed by atoms with E-state index in [-0.39, 0.29) is 11.7 Å². The van der Waals surface area contributed by atoms with E-state index in [1.165, 1.54) is 0 Å². The summed E-state index contributed by atoms with van der Waals surface area (Å²) in [6.07, 6.45) is 6.76. The molecule has 0 bridgehead atoms. The van der Waals surface area contributed by atoms with Gasteiger partial charge in [-0.2, -0.15) is 5.10 Å². The predicted octanol–water partition coefficient (Wildman–Crippen LogP) is 4.52. The van der Waals surface area contributed by atoms with Crippen LogP contribution in [0.15, 0.2) is 67.3 Å². The molecule has 2 N–H and O–H groups in total. The molecule has 31 heavy (non-hydrogen) atoms. The SMILES string of the molecule is Cn1ccc(-c2nc(N)c(Oc3cccnc3)nc2-c2cc(Cl)c3ncccc3c2)n1. The molecule has 0 spiro atoms. The molecule has 0 aliphatic heterocycles. The van der Waals surface area contributed by atoms with Gasteiger partial charge < -0.3 is 10.5 Å². The van der Waals surface area contributed by atoms with Crippen LogP contribution in [-0.4, -0.2) is 29.7 Å². The van der Waals surface area contributed by atoms with Crippen LogP contribution in [0.1, 0.15) is 0 Å². The number of nitrogens with zero attached hydrogens (tertiary/aromatic N) is 6. The fraction of sp³-hybridized carbons (Fsp3) is 0.0455. The number of ether oxygens (including phenoxy) is 1. The third-order valence-corrected chi connectivity index (χ3v) is 4.91. The quantitative estimate of drug-likeness (QED) is 0.448. The molecule has 4 aromatic heterocycles. The number of fused-ring (bicyclic) bond motifs is 1. The first kappa shape index (κ1) is 19.0. The highest BCUT2D eigenvalue weighted by atomic mass is 35.5. The number of hydrogen-bond donors (Lipinski definition) is 1. The van der Waals surface area contributed by atoms with E-state index in [0.717, 1.165) is 10.9 Å². The van der Waals surface area contributed by atoms with Gasteiger partial charge in [-0.1, -0.05) is 17.7 Å². The summed E-state index contributed by atoms with van der Waals surface area (Å²) < 4.78 is 7.54. The number of aryl methyl sites for hydroxylation is 1. The average Bonchev–Trinajstić information content (AvgIpc) is 3.22. The van der Waals surface area contributed by atoms with E-state index < -0.39 is 0 Å². The van der Waals surface area contributed by atoms with Crippen LogP contribution in [0.2, 0.25) is 5.02 Å². The molecule has 0 saturated carbocycles. The van der Waals surface area contributed by atoms with Crippen LogP contribution in [0, 0.1) is 0 Å². The number of nitrogens with two attached hydrogens (primary N) is 1. The van der Waals surface area contributed by atoms with Crippen molar-refractivity contribution in [1.29, 1.82) is 0 Å². The normalized spacial score (nSPS) is 11.0. The van der Waals surface area contributed by atoms with E-state index in [1.54, 1.807) is 41.5 Å². The molecule has 0 aliphatic carbocycles. The number of aromatic nitrogens is 6. The maximum Gasteiger partial charge on any atom is 0.263 e. The maximum atomic E-state index is 6.52. The van der Waals surface area contributed by atoms with Crippen LogP contribution >= 0.6 is 11.6 Å². The topological polar surface area (TPSA) is 105 Å². The van der Waals surface area contributed by atoms with Crippen molar-refractivity contribution in [3.8, 4) is 34.3 Å². The van der Waals surface area contributed by atoms with Crippen molar-refractivity contribution in [2.24, 2.45) is 7.05 Å². The lowest BCUT2D eigenvalue weighted by molar-refractivity contribution is 0.462. The summed E-state index contributed by atoms with van der Waals surface area (Å²) in [4.78, 5) is 17.7. The van der Waals surface area contributed by atoms with E-state index in [4.69, 9.17) is 27.1 Å². The van der Waals surface area contributed by atoms with E-state index >= 15 is 0 Å². The third-order valence-electron chi connectivity index (χ3n) is 4.63. The highest BCUT2D eigenvalue weighted by Gasteiger charge is 2.20. The van der Waals surface area contributed by atoms with Crippen molar-refractivity contribution in [3.63, 3.8) is 0 Å². The summed E-state index contributed by atoms with van der Waals surface area (Å²) in [6.45, 7) is 0. The molecule has 1 aromatic carbocycles. The minimum Gasteiger partial charge on any atom is -0.434 e. The van der Waals surface area contributed by atoms with E-state index in [2.05, 4.69) is 20.1 Å². The zero-order valence-corrected chi connectivity index (χ0v) is 17.2. The molecular weight excluding hydrogens is 414 g/mol. The second-order valence-corrected chi connectivity index (χ2v) is 7.22. The summed E-state index contributed by atoms with van der Waals surface area (Å²) in [7, 11) is 1.83. The Morgan fingerprint density at radius 2 is 1.90 bits per heavy atom. The molecule has 0 fully saturated rings. The van der Waals surface area contributed by atoms with Crippen LogP contribution in [0.3, 0.4) is 0 Å². The Morgan fingerprint density at radius 1 is 1.03 bits per heavy atom. The Bertz CT molecular complexity index is 1400. The number of rotatable bonds is 4. The predicted molar refractivity (Wildman–Crippen MR) is 119 cm³/mol. The summed E-state index contributed by atoms with van der Waals surface area (Å²) in [6, 6.07) is 12.9. The van der Waals surface area contributed by atoms with Gasteiger partial charge in [0.05, 0.1) is 16.7 Å². The molecule has 8 nitrogen and oxygen atoms in total.